The Hall–Kier alpha value is 0.885. The fourth-order valence-corrected chi connectivity index (χ4v) is 2.16. The first-order valence-corrected chi connectivity index (χ1v) is 4.48. The molecule has 0 N–H and O–H groups in total. The summed E-state index contributed by atoms with van der Waals surface area (Å²) in [4.78, 5) is 10.6. The zero-order chi connectivity index (χ0) is 7.56. The number of halogens is 1. The molecule has 0 heterocycles. The normalized spacial score (nSPS) is 30.6. The minimum absolute atomic E-state index is 0. The molecular formula is C7H10BrHgO2. The number of carboxylic acids is 1. The second kappa shape index (κ2) is 5.52. The number of hydrogen-bond donors (Lipinski definition) is 0. The molecule has 2 unspecified atom stereocenters. The Labute approximate surface area is 95.4 Å². The molecule has 1 radical (unpaired) electrons. The molecule has 2 nitrogen and oxygen atoms in total. The Balaban J connectivity index is 0.000001000. The van der Waals surface area contributed by atoms with E-state index >= 15 is 0 Å². The van der Waals surface area contributed by atoms with Crippen molar-refractivity contribution in [2.75, 3.05) is 0 Å². The zero-order valence-corrected chi connectivity index (χ0v) is 13.5. The van der Waals surface area contributed by atoms with Crippen molar-refractivity contribution in [1.82, 2.24) is 0 Å². The van der Waals surface area contributed by atoms with Gasteiger partial charge >= 0.3 is 27.7 Å². The van der Waals surface area contributed by atoms with Crippen LogP contribution in [0.2, 0.25) is 0 Å². The van der Waals surface area contributed by atoms with Crippen LogP contribution in [0.15, 0.2) is 0 Å². The Kier molecular flexibility index (Phi) is 5.96. The van der Waals surface area contributed by atoms with Gasteiger partial charge in [-0.05, 0) is 12.8 Å². The van der Waals surface area contributed by atoms with Crippen LogP contribution < -0.4 is 5.11 Å². The summed E-state index contributed by atoms with van der Waals surface area (Å²) in [6.45, 7) is 0. The fraction of sp³-hybridized carbons (Fsp3) is 0.857. The van der Waals surface area contributed by atoms with Crippen LogP contribution >= 0.6 is 15.9 Å². The van der Waals surface area contributed by atoms with Crippen LogP contribution in [0, 0.1) is 5.92 Å². The second-order valence-corrected chi connectivity index (χ2v) is 3.90. The summed E-state index contributed by atoms with van der Waals surface area (Å²) >= 11 is 3.33. The van der Waals surface area contributed by atoms with Gasteiger partial charge in [0.1, 0.15) is 0 Å². The van der Waals surface area contributed by atoms with E-state index in [1.54, 1.807) is 0 Å². The van der Waals surface area contributed by atoms with Gasteiger partial charge in [0.25, 0.3) is 0 Å². The van der Waals surface area contributed by atoms with E-state index in [-0.39, 0.29) is 38.4 Å². The van der Waals surface area contributed by atoms with Crippen molar-refractivity contribution < 1.29 is 37.6 Å². The molecule has 0 saturated heterocycles. The smallest absolute Gasteiger partial charge is 0.550 e. The zero-order valence-electron chi connectivity index (χ0n) is 6.38. The van der Waals surface area contributed by atoms with Crippen molar-refractivity contribution in [2.45, 2.75) is 30.5 Å². The molecule has 59 valence electrons. The van der Waals surface area contributed by atoms with E-state index in [9.17, 15) is 9.90 Å². The SMILES string of the molecule is O=C([O-])C1CCCCC1Br.[Hg+]. The minimum Gasteiger partial charge on any atom is -0.550 e. The summed E-state index contributed by atoms with van der Waals surface area (Å²) in [6.07, 6.45) is 3.91. The number of carbonyl (C=O) groups excluding carboxylic acids is 1. The molecule has 0 amide bonds. The predicted molar refractivity (Wildman–Crippen MR) is 39.7 cm³/mol. The fourth-order valence-electron chi connectivity index (χ4n) is 1.35. The van der Waals surface area contributed by atoms with E-state index in [1.165, 1.54) is 0 Å². The first-order valence-electron chi connectivity index (χ1n) is 3.56. The summed E-state index contributed by atoms with van der Waals surface area (Å²) in [5.74, 6) is -1.16. The number of rotatable bonds is 1. The van der Waals surface area contributed by atoms with Crippen LogP contribution in [0.25, 0.3) is 0 Å². The van der Waals surface area contributed by atoms with E-state index in [2.05, 4.69) is 15.9 Å². The van der Waals surface area contributed by atoms with Crippen molar-refractivity contribution in [3.63, 3.8) is 0 Å². The van der Waals surface area contributed by atoms with Gasteiger partial charge in [0.2, 0.25) is 0 Å². The Morgan fingerprint density at radius 3 is 2.27 bits per heavy atom. The van der Waals surface area contributed by atoms with Gasteiger partial charge in [0, 0.05) is 16.7 Å². The van der Waals surface area contributed by atoms with Crippen LogP contribution in [0.4, 0.5) is 0 Å². The molecule has 1 aliphatic carbocycles. The van der Waals surface area contributed by atoms with E-state index in [4.69, 9.17) is 0 Å². The quantitative estimate of drug-likeness (QED) is 0.475. The third kappa shape index (κ3) is 3.41. The van der Waals surface area contributed by atoms with E-state index in [0.717, 1.165) is 25.7 Å². The molecule has 1 saturated carbocycles. The third-order valence-electron chi connectivity index (χ3n) is 1.98. The van der Waals surface area contributed by atoms with Crippen molar-refractivity contribution in [1.29, 1.82) is 0 Å². The number of carbonyl (C=O) groups is 1. The monoisotopic (exact) mass is 407 g/mol. The topological polar surface area (TPSA) is 40.1 Å². The Morgan fingerprint density at radius 2 is 1.91 bits per heavy atom. The summed E-state index contributed by atoms with van der Waals surface area (Å²) in [7, 11) is 0. The van der Waals surface area contributed by atoms with Crippen LogP contribution in [0.3, 0.4) is 0 Å². The molecule has 11 heavy (non-hydrogen) atoms. The van der Waals surface area contributed by atoms with Gasteiger partial charge in [0.15, 0.2) is 0 Å². The summed E-state index contributed by atoms with van der Waals surface area (Å²) in [5.41, 5.74) is 0. The molecule has 4 heteroatoms. The minimum atomic E-state index is -0.901. The van der Waals surface area contributed by atoms with Gasteiger partial charge in [-0.3, -0.25) is 0 Å². The summed E-state index contributed by atoms with van der Waals surface area (Å²) < 4.78 is 0. The first kappa shape index (κ1) is 11.9. The maximum absolute atomic E-state index is 10.4. The van der Waals surface area contributed by atoms with Crippen molar-refractivity contribution in [2.24, 2.45) is 5.92 Å². The average Bonchev–Trinajstić information content (AvgIpc) is 1.88. The molecule has 0 bridgehead atoms. The van der Waals surface area contributed by atoms with Gasteiger partial charge in [0.05, 0.1) is 0 Å². The van der Waals surface area contributed by atoms with Gasteiger partial charge in [-0.15, -0.1) is 0 Å². The van der Waals surface area contributed by atoms with Gasteiger partial charge in [-0.1, -0.05) is 28.8 Å². The molecule has 1 aliphatic rings. The predicted octanol–water partition coefficient (Wildman–Crippen LogP) is 0.687. The van der Waals surface area contributed by atoms with E-state index in [1.807, 2.05) is 0 Å². The van der Waals surface area contributed by atoms with Gasteiger partial charge < -0.3 is 9.90 Å². The molecule has 0 aromatic heterocycles. The maximum atomic E-state index is 10.4. The van der Waals surface area contributed by atoms with E-state index < -0.39 is 5.97 Å². The van der Waals surface area contributed by atoms with Crippen LogP contribution in [0.5, 0.6) is 0 Å². The van der Waals surface area contributed by atoms with Crippen molar-refractivity contribution in [3.05, 3.63) is 0 Å². The summed E-state index contributed by atoms with van der Waals surface area (Å²) in [6, 6.07) is 0. The third-order valence-corrected chi connectivity index (χ3v) is 3.08. The molecule has 0 aromatic carbocycles. The van der Waals surface area contributed by atoms with Crippen molar-refractivity contribution >= 4 is 21.9 Å². The molecule has 0 spiro atoms. The molecular weight excluding hydrogens is 397 g/mol. The standard InChI is InChI=1S/C7H11BrO2.Hg/c8-6-4-2-1-3-5(6)7(9)10;/h5-6H,1-4H2,(H,9,10);/q;+1/p-1. The molecule has 1 rings (SSSR count). The van der Waals surface area contributed by atoms with Crippen molar-refractivity contribution in [3.8, 4) is 0 Å². The van der Waals surface area contributed by atoms with Gasteiger partial charge in [-0.25, -0.2) is 0 Å². The first-order chi connectivity index (χ1) is 4.72. The van der Waals surface area contributed by atoms with Crippen LogP contribution in [0.1, 0.15) is 25.7 Å². The molecule has 1 fully saturated rings. The number of alkyl halides is 1. The molecule has 0 aliphatic heterocycles. The Morgan fingerprint density at radius 1 is 1.36 bits per heavy atom. The van der Waals surface area contributed by atoms with Gasteiger partial charge in [-0.2, -0.15) is 0 Å². The van der Waals surface area contributed by atoms with Crippen LogP contribution in [-0.4, -0.2) is 10.8 Å². The average molecular weight is 407 g/mol. The Bertz CT molecular complexity index is 140. The molecule has 2 atom stereocenters. The summed E-state index contributed by atoms with van der Waals surface area (Å²) in [5, 5.41) is 10.4. The van der Waals surface area contributed by atoms with Crippen LogP contribution in [-0.2, 0) is 32.5 Å². The second-order valence-electron chi connectivity index (χ2n) is 2.73. The number of aliphatic carboxylic acids is 1. The number of carboxylic acid groups (broad SMARTS) is 1. The van der Waals surface area contributed by atoms with E-state index in [0.29, 0.717) is 0 Å². The largest absolute Gasteiger partial charge is 1.00 e. The maximum Gasteiger partial charge on any atom is 1.00 e. The number of hydrogen-bond acceptors (Lipinski definition) is 2. The molecule has 0 aromatic rings.